The van der Waals surface area contributed by atoms with Gasteiger partial charge in [0.2, 0.25) is 5.91 Å². The predicted octanol–water partition coefficient (Wildman–Crippen LogP) is 1.43. The monoisotopic (exact) mass is 254 g/mol. The molecule has 94 valence electrons. The third kappa shape index (κ3) is 3.06. The summed E-state index contributed by atoms with van der Waals surface area (Å²) in [6.07, 6.45) is 2.11. The fourth-order valence-electron chi connectivity index (χ4n) is 1.94. The first kappa shape index (κ1) is 12.5. The maximum atomic E-state index is 11.8. The zero-order valence-corrected chi connectivity index (χ0v) is 10.7. The van der Waals surface area contributed by atoms with E-state index >= 15 is 0 Å². The summed E-state index contributed by atoms with van der Waals surface area (Å²) in [4.78, 5) is 12.7. The Hall–Kier alpha value is -0.910. The van der Waals surface area contributed by atoms with Gasteiger partial charge < -0.3 is 15.8 Å². The van der Waals surface area contributed by atoms with Crippen molar-refractivity contribution in [2.75, 3.05) is 6.61 Å². The van der Waals surface area contributed by atoms with Crippen LogP contribution in [0.25, 0.3) is 0 Å². The molecule has 1 amide bonds. The molecular formula is C12H18N2O2S. The molecule has 1 aliphatic carbocycles. The third-order valence-electron chi connectivity index (χ3n) is 2.98. The Morgan fingerprint density at radius 2 is 2.47 bits per heavy atom. The summed E-state index contributed by atoms with van der Waals surface area (Å²) in [6, 6.07) is 3.48. The quantitative estimate of drug-likeness (QED) is 0.835. The van der Waals surface area contributed by atoms with Crippen LogP contribution in [0.15, 0.2) is 17.5 Å². The number of hydrogen-bond acceptors (Lipinski definition) is 4. The van der Waals surface area contributed by atoms with E-state index in [9.17, 15) is 4.79 Å². The summed E-state index contributed by atoms with van der Waals surface area (Å²) in [5, 5.41) is 4.88. The Labute approximate surface area is 105 Å². The van der Waals surface area contributed by atoms with Crippen LogP contribution in [0.1, 0.15) is 30.7 Å². The van der Waals surface area contributed by atoms with Crippen molar-refractivity contribution in [3.05, 3.63) is 22.4 Å². The number of carbonyl (C=O) groups is 1. The van der Waals surface area contributed by atoms with Crippen LogP contribution in [0.5, 0.6) is 0 Å². The molecule has 0 radical (unpaired) electrons. The van der Waals surface area contributed by atoms with Crippen LogP contribution < -0.4 is 11.1 Å². The van der Waals surface area contributed by atoms with Gasteiger partial charge in [0.15, 0.2) is 0 Å². The van der Waals surface area contributed by atoms with E-state index in [4.69, 9.17) is 10.5 Å². The minimum atomic E-state index is -0.541. The highest BCUT2D eigenvalue weighted by atomic mass is 32.1. The van der Waals surface area contributed by atoms with Crippen molar-refractivity contribution in [2.24, 2.45) is 5.73 Å². The minimum Gasteiger partial charge on any atom is -0.378 e. The average molecular weight is 254 g/mol. The number of rotatable bonds is 5. The largest absolute Gasteiger partial charge is 0.378 e. The summed E-state index contributed by atoms with van der Waals surface area (Å²) in [5.41, 5.74) is 5.87. The molecule has 1 unspecified atom stereocenters. The van der Waals surface area contributed by atoms with E-state index in [0.717, 1.165) is 24.3 Å². The zero-order chi connectivity index (χ0) is 12.3. The van der Waals surface area contributed by atoms with Gasteiger partial charge in [0.1, 0.15) is 6.04 Å². The molecule has 17 heavy (non-hydrogen) atoms. The topological polar surface area (TPSA) is 64.3 Å². The summed E-state index contributed by atoms with van der Waals surface area (Å²) in [7, 11) is 0. The standard InChI is InChI=1S/C12H18N2O2S/c1-2-16-9-6-8(7-9)14-12(15)11(13)10-4-3-5-17-10/h3-5,8-9,11H,2,6-7,13H2,1H3,(H,14,15). The zero-order valence-electron chi connectivity index (χ0n) is 9.89. The number of hydrogen-bond donors (Lipinski definition) is 2. The first-order valence-corrected chi connectivity index (χ1v) is 6.79. The summed E-state index contributed by atoms with van der Waals surface area (Å²) in [5.74, 6) is -0.0904. The van der Waals surface area contributed by atoms with Gasteiger partial charge in [-0.25, -0.2) is 0 Å². The first-order valence-electron chi connectivity index (χ1n) is 5.91. The summed E-state index contributed by atoms with van der Waals surface area (Å²) in [6.45, 7) is 2.72. The van der Waals surface area contributed by atoms with Gasteiger partial charge in [0, 0.05) is 17.5 Å². The maximum Gasteiger partial charge on any atom is 0.242 e. The smallest absolute Gasteiger partial charge is 0.242 e. The van der Waals surface area contributed by atoms with Gasteiger partial charge in [-0.1, -0.05) is 6.07 Å². The highest BCUT2D eigenvalue weighted by Gasteiger charge is 2.32. The maximum absolute atomic E-state index is 11.8. The van der Waals surface area contributed by atoms with Gasteiger partial charge in [-0.3, -0.25) is 4.79 Å². The van der Waals surface area contributed by atoms with E-state index in [1.165, 1.54) is 11.3 Å². The van der Waals surface area contributed by atoms with E-state index in [1.54, 1.807) is 0 Å². The molecule has 4 nitrogen and oxygen atoms in total. The van der Waals surface area contributed by atoms with Crippen LogP contribution in [0, 0.1) is 0 Å². The predicted molar refractivity (Wildman–Crippen MR) is 67.8 cm³/mol. The minimum absolute atomic E-state index is 0.0904. The Bertz CT molecular complexity index is 361. The molecule has 2 rings (SSSR count). The second kappa shape index (κ2) is 5.62. The fourth-order valence-corrected chi connectivity index (χ4v) is 2.67. The Morgan fingerprint density at radius 1 is 1.71 bits per heavy atom. The Balaban J connectivity index is 1.75. The molecule has 1 atom stereocenters. The molecule has 1 aliphatic rings. The van der Waals surface area contributed by atoms with Crippen molar-refractivity contribution < 1.29 is 9.53 Å². The molecule has 3 N–H and O–H groups in total. The first-order chi connectivity index (χ1) is 8.20. The van der Waals surface area contributed by atoms with Crippen LogP contribution in [-0.4, -0.2) is 24.7 Å². The van der Waals surface area contributed by atoms with Gasteiger partial charge >= 0.3 is 0 Å². The van der Waals surface area contributed by atoms with E-state index in [-0.39, 0.29) is 11.9 Å². The number of thiophene rings is 1. The number of ether oxygens (including phenoxy) is 1. The molecule has 0 aromatic carbocycles. The number of nitrogens with two attached hydrogens (primary N) is 1. The highest BCUT2D eigenvalue weighted by molar-refractivity contribution is 7.10. The Morgan fingerprint density at radius 3 is 3.06 bits per heavy atom. The lowest BCUT2D eigenvalue weighted by Crippen LogP contribution is -2.50. The normalized spacial score (nSPS) is 25.1. The van der Waals surface area contributed by atoms with Crippen LogP contribution in [0.4, 0.5) is 0 Å². The molecule has 0 aliphatic heterocycles. The van der Waals surface area contributed by atoms with Gasteiger partial charge in [-0.15, -0.1) is 11.3 Å². The van der Waals surface area contributed by atoms with Crippen LogP contribution in [-0.2, 0) is 9.53 Å². The lowest BCUT2D eigenvalue weighted by molar-refractivity contribution is -0.125. The molecule has 0 saturated heterocycles. The number of nitrogens with one attached hydrogen (secondary N) is 1. The third-order valence-corrected chi connectivity index (χ3v) is 3.93. The van der Waals surface area contributed by atoms with Crippen molar-refractivity contribution in [1.82, 2.24) is 5.32 Å². The Kier molecular flexibility index (Phi) is 4.15. The molecule has 1 aromatic rings. The van der Waals surface area contributed by atoms with Crippen LogP contribution >= 0.6 is 11.3 Å². The SMILES string of the molecule is CCOC1CC(NC(=O)C(N)c2cccs2)C1. The van der Waals surface area contributed by atoms with Crippen LogP contribution in [0.2, 0.25) is 0 Å². The number of amides is 1. The lowest BCUT2D eigenvalue weighted by atomic mass is 9.89. The summed E-state index contributed by atoms with van der Waals surface area (Å²) >= 11 is 1.51. The molecule has 1 heterocycles. The molecular weight excluding hydrogens is 236 g/mol. The average Bonchev–Trinajstić information content (AvgIpc) is 2.78. The van der Waals surface area contributed by atoms with Gasteiger partial charge in [-0.05, 0) is 31.2 Å². The van der Waals surface area contributed by atoms with Gasteiger partial charge in [0.25, 0.3) is 0 Å². The van der Waals surface area contributed by atoms with Crippen molar-refractivity contribution >= 4 is 17.2 Å². The van der Waals surface area contributed by atoms with Gasteiger partial charge in [-0.2, -0.15) is 0 Å². The van der Waals surface area contributed by atoms with E-state index in [1.807, 2.05) is 24.4 Å². The second-order valence-corrected chi connectivity index (χ2v) is 5.23. The van der Waals surface area contributed by atoms with Crippen molar-refractivity contribution in [3.8, 4) is 0 Å². The highest BCUT2D eigenvalue weighted by Crippen LogP contribution is 2.24. The van der Waals surface area contributed by atoms with Crippen molar-refractivity contribution in [2.45, 2.75) is 38.0 Å². The molecule has 1 fully saturated rings. The molecule has 1 aromatic heterocycles. The summed E-state index contributed by atoms with van der Waals surface area (Å²) < 4.78 is 5.44. The second-order valence-electron chi connectivity index (χ2n) is 4.25. The molecule has 0 bridgehead atoms. The molecule has 5 heteroatoms. The van der Waals surface area contributed by atoms with Crippen LogP contribution in [0.3, 0.4) is 0 Å². The fraction of sp³-hybridized carbons (Fsp3) is 0.583. The van der Waals surface area contributed by atoms with E-state index in [2.05, 4.69) is 5.32 Å². The van der Waals surface area contributed by atoms with Crippen molar-refractivity contribution in [1.29, 1.82) is 0 Å². The van der Waals surface area contributed by atoms with Crippen molar-refractivity contribution in [3.63, 3.8) is 0 Å². The van der Waals surface area contributed by atoms with E-state index in [0.29, 0.717) is 6.10 Å². The van der Waals surface area contributed by atoms with E-state index < -0.39 is 6.04 Å². The molecule has 1 saturated carbocycles. The van der Waals surface area contributed by atoms with Gasteiger partial charge in [0.05, 0.1) is 6.10 Å². The number of carbonyl (C=O) groups excluding carboxylic acids is 1. The lowest BCUT2D eigenvalue weighted by Gasteiger charge is -2.35. The molecule has 0 spiro atoms.